The van der Waals surface area contributed by atoms with E-state index in [4.69, 9.17) is 5.73 Å². The number of hydrogen-bond donors (Lipinski definition) is 1. The van der Waals surface area contributed by atoms with E-state index in [9.17, 15) is 13.2 Å². The maximum absolute atomic E-state index is 13.0. The van der Waals surface area contributed by atoms with Crippen molar-refractivity contribution in [2.24, 2.45) is 0 Å². The van der Waals surface area contributed by atoms with Gasteiger partial charge in [-0.15, -0.1) is 0 Å². The molecule has 9 heteroatoms. The second-order valence-electron chi connectivity index (χ2n) is 6.08. The summed E-state index contributed by atoms with van der Waals surface area (Å²) < 4.78 is 40.5. The van der Waals surface area contributed by atoms with Gasteiger partial charge >= 0.3 is 6.18 Å². The first-order valence-corrected chi connectivity index (χ1v) is 7.93. The van der Waals surface area contributed by atoms with E-state index in [-0.39, 0.29) is 17.8 Å². The molecule has 0 unspecified atom stereocenters. The fourth-order valence-electron chi connectivity index (χ4n) is 2.52. The Balaban J connectivity index is 1.90. The molecule has 0 aliphatic heterocycles. The van der Waals surface area contributed by atoms with E-state index in [1.807, 2.05) is 26.0 Å². The zero-order valence-corrected chi connectivity index (χ0v) is 14.2. The molecule has 136 valence electrons. The summed E-state index contributed by atoms with van der Waals surface area (Å²) in [5, 5.41) is 0. The number of imidazole rings is 1. The van der Waals surface area contributed by atoms with Gasteiger partial charge in [0.2, 0.25) is 5.95 Å². The van der Waals surface area contributed by atoms with Crippen LogP contribution in [-0.4, -0.2) is 24.5 Å². The predicted molar refractivity (Wildman–Crippen MR) is 90.1 cm³/mol. The minimum atomic E-state index is -4.48. The Morgan fingerprint density at radius 2 is 1.77 bits per heavy atom. The topological polar surface area (TPSA) is 82.5 Å². The van der Waals surface area contributed by atoms with Gasteiger partial charge in [0.15, 0.2) is 5.69 Å². The van der Waals surface area contributed by atoms with Gasteiger partial charge in [-0.3, -0.25) is 0 Å². The van der Waals surface area contributed by atoms with E-state index >= 15 is 0 Å². The number of aromatic nitrogens is 5. The average molecular weight is 362 g/mol. The van der Waals surface area contributed by atoms with E-state index in [2.05, 4.69) is 19.9 Å². The van der Waals surface area contributed by atoms with Gasteiger partial charge < -0.3 is 10.3 Å². The molecule has 2 aromatic heterocycles. The Labute approximate surface area is 148 Å². The molecule has 0 aliphatic carbocycles. The van der Waals surface area contributed by atoms with E-state index in [1.165, 1.54) is 10.9 Å². The number of nitrogens with zero attached hydrogens (tertiary/aromatic N) is 5. The zero-order chi connectivity index (χ0) is 18.9. The smallest absolute Gasteiger partial charge is 0.368 e. The van der Waals surface area contributed by atoms with Crippen LogP contribution in [0.25, 0.3) is 11.4 Å². The van der Waals surface area contributed by atoms with Crippen LogP contribution in [0.3, 0.4) is 0 Å². The number of nitrogen functional groups attached to an aromatic ring is 1. The molecular weight excluding hydrogens is 345 g/mol. The van der Waals surface area contributed by atoms with Gasteiger partial charge in [0, 0.05) is 24.2 Å². The van der Waals surface area contributed by atoms with Gasteiger partial charge in [0.05, 0.1) is 0 Å². The lowest BCUT2D eigenvalue weighted by Crippen LogP contribution is -2.05. The van der Waals surface area contributed by atoms with Crippen molar-refractivity contribution in [2.75, 3.05) is 5.73 Å². The second kappa shape index (κ2) is 6.74. The molecule has 3 rings (SSSR count). The summed E-state index contributed by atoms with van der Waals surface area (Å²) in [6.45, 7) is 3.62. The Morgan fingerprint density at radius 1 is 1.08 bits per heavy atom. The normalized spacial score (nSPS) is 11.9. The number of nitrogens with two attached hydrogens (primary N) is 1. The molecule has 0 fully saturated rings. The maximum atomic E-state index is 13.0. The van der Waals surface area contributed by atoms with Crippen LogP contribution < -0.4 is 5.73 Å². The van der Waals surface area contributed by atoms with E-state index in [1.54, 1.807) is 12.1 Å². The minimum absolute atomic E-state index is 0.144. The van der Waals surface area contributed by atoms with Crippen LogP contribution in [-0.2, 0) is 12.6 Å². The third kappa shape index (κ3) is 3.81. The van der Waals surface area contributed by atoms with Crippen LogP contribution in [0.2, 0.25) is 0 Å². The number of anilines is 1. The van der Waals surface area contributed by atoms with Crippen LogP contribution in [0.5, 0.6) is 0 Å². The van der Waals surface area contributed by atoms with Gasteiger partial charge in [0.25, 0.3) is 0 Å². The Bertz CT molecular complexity index is 900. The highest BCUT2D eigenvalue weighted by molar-refractivity contribution is 5.57. The third-order valence-electron chi connectivity index (χ3n) is 3.79. The molecular formula is C17H17F3N6. The summed E-state index contributed by atoms with van der Waals surface area (Å²) in [6.07, 6.45) is -1.65. The Hall–Kier alpha value is -2.97. The summed E-state index contributed by atoms with van der Waals surface area (Å²) in [7, 11) is 0. The van der Waals surface area contributed by atoms with Crippen LogP contribution in [0.15, 0.2) is 36.8 Å². The van der Waals surface area contributed by atoms with Crippen molar-refractivity contribution < 1.29 is 13.2 Å². The van der Waals surface area contributed by atoms with Crippen LogP contribution >= 0.6 is 0 Å². The summed E-state index contributed by atoms with van der Waals surface area (Å²) in [5.74, 6) is 0.946. The molecule has 0 radical (unpaired) electrons. The summed E-state index contributed by atoms with van der Waals surface area (Å²) in [6, 6.07) is 6.94. The summed E-state index contributed by atoms with van der Waals surface area (Å²) >= 11 is 0. The first kappa shape index (κ1) is 17.8. The minimum Gasteiger partial charge on any atom is -0.368 e. The van der Waals surface area contributed by atoms with Crippen LogP contribution in [0.4, 0.5) is 19.1 Å². The van der Waals surface area contributed by atoms with Gasteiger partial charge in [-0.2, -0.15) is 18.2 Å². The van der Waals surface area contributed by atoms with E-state index in [0.29, 0.717) is 17.8 Å². The lowest BCUT2D eigenvalue weighted by Gasteiger charge is -2.11. The molecule has 2 N–H and O–H groups in total. The van der Waals surface area contributed by atoms with Crippen molar-refractivity contribution in [3.8, 4) is 11.4 Å². The number of rotatable bonds is 4. The molecule has 0 saturated heterocycles. The molecule has 0 bridgehead atoms. The first-order valence-electron chi connectivity index (χ1n) is 7.93. The Kier molecular flexibility index (Phi) is 4.62. The largest absolute Gasteiger partial charge is 0.434 e. The standard InChI is InChI=1S/C17H17F3N6/c1-10(2)26-8-13(17(18,19)20)24-15(26)12-5-3-11(4-6-12)7-14-22-9-23-16(21)25-14/h3-6,8-10H,7H2,1-2H3,(H2,21,22,23,25). The maximum Gasteiger partial charge on any atom is 0.434 e. The van der Waals surface area contributed by atoms with Crippen molar-refractivity contribution in [1.29, 1.82) is 0 Å². The first-order chi connectivity index (χ1) is 12.2. The van der Waals surface area contributed by atoms with Crippen LogP contribution in [0, 0.1) is 0 Å². The molecule has 0 amide bonds. The molecule has 0 saturated carbocycles. The van der Waals surface area contributed by atoms with Crippen molar-refractivity contribution in [1.82, 2.24) is 24.5 Å². The number of halogens is 3. The van der Waals surface area contributed by atoms with Crippen molar-refractivity contribution in [3.63, 3.8) is 0 Å². The fourth-order valence-corrected chi connectivity index (χ4v) is 2.52. The molecule has 26 heavy (non-hydrogen) atoms. The molecule has 0 spiro atoms. The average Bonchev–Trinajstić information content (AvgIpc) is 3.01. The van der Waals surface area contributed by atoms with Crippen molar-refractivity contribution in [3.05, 3.63) is 53.9 Å². The van der Waals surface area contributed by atoms with Crippen LogP contribution in [0.1, 0.15) is 37.0 Å². The molecule has 0 atom stereocenters. The zero-order valence-electron chi connectivity index (χ0n) is 14.2. The molecule has 2 heterocycles. The summed E-state index contributed by atoms with van der Waals surface area (Å²) in [4.78, 5) is 15.6. The number of hydrogen-bond acceptors (Lipinski definition) is 5. The molecule has 6 nitrogen and oxygen atoms in total. The summed E-state index contributed by atoms with van der Waals surface area (Å²) in [5.41, 5.74) is 6.14. The predicted octanol–water partition coefficient (Wildman–Crippen LogP) is 3.51. The monoisotopic (exact) mass is 362 g/mol. The van der Waals surface area contributed by atoms with Gasteiger partial charge in [-0.05, 0) is 19.4 Å². The highest BCUT2D eigenvalue weighted by Gasteiger charge is 2.35. The quantitative estimate of drug-likeness (QED) is 0.768. The molecule has 3 aromatic rings. The number of alkyl halides is 3. The highest BCUT2D eigenvalue weighted by atomic mass is 19.4. The lowest BCUT2D eigenvalue weighted by atomic mass is 10.1. The van der Waals surface area contributed by atoms with Gasteiger partial charge in [-0.25, -0.2) is 15.0 Å². The highest BCUT2D eigenvalue weighted by Crippen LogP contribution is 2.32. The third-order valence-corrected chi connectivity index (χ3v) is 3.79. The molecule has 0 aliphatic rings. The van der Waals surface area contributed by atoms with E-state index in [0.717, 1.165) is 11.8 Å². The van der Waals surface area contributed by atoms with Gasteiger partial charge in [0.1, 0.15) is 18.0 Å². The Morgan fingerprint density at radius 3 is 2.35 bits per heavy atom. The lowest BCUT2D eigenvalue weighted by molar-refractivity contribution is -0.140. The SMILES string of the molecule is CC(C)n1cc(C(F)(F)F)nc1-c1ccc(Cc2ncnc(N)n2)cc1. The fraction of sp³-hybridized carbons (Fsp3) is 0.294. The molecule has 1 aromatic carbocycles. The van der Waals surface area contributed by atoms with E-state index < -0.39 is 11.9 Å². The van der Waals surface area contributed by atoms with Crippen molar-refractivity contribution in [2.45, 2.75) is 32.5 Å². The van der Waals surface area contributed by atoms with Gasteiger partial charge in [-0.1, -0.05) is 24.3 Å². The van der Waals surface area contributed by atoms with Crippen molar-refractivity contribution >= 4 is 5.95 Å². The number of benzene rings is 1. The second-order valence-corrected chi connectivity index (χ2v) is 6.08.